The number of hydrogen-bond donors (Lipinski definition) is 2. The van der Waals surface area contributed by atoms with Gasteiger partial charge in [-0.2, -0.15) is 5.10 Å². The number of fused-ring (bicyclic) bond motifs is 1. The summed E-state index contributed by atoms with van der Waals surface area (Å²) >= 11 is 0. The molecule has 2 N–H and O–H groups in total. The monoisotopic (exact) mass is 355 g/mol. The first kappa shape index (κ1) is 16.8. The highest BCUT2D eigenvalue weighted by Crippen LogP contribution is 2.25. The van der Waals surface area contributed by atoms with Gasteiger partial charge in [-0.25, -0.2) is 13.9 Å². The van der Waals surface area contributed by atoms with E-state index in [-0.39, 0.29) is 11.9 Å². The molecule has 1 aliphatic rings. The minimum Gasteiger partial charge on any atom is -0.393 e. The first-order chi connectivity index (χ1) is 12.6. The van der Waals surface area contributed by atoms with Crippen molar-refractivity contribution in [2.24, 2.45) is 0 Å². The van der Waals surface area contributed by atoms with Crippen LogP contribution in [0, 0.1) is 12.7 Å². The third kappa shape index (κ3) is 3.35. The fraction of sp³-hybridized carbons (Fsp3) is 0.368. The van der Waals surface area contributed by atoms with Gasteiger partial charge in [0.25, 0.3) is 0 Å². The van der Waals surface area contributed by atoms with Crippen molar-refractivity contribution in [1.29, 1.82) is 0 Å². The Labute approximate surface area is 151 Å². The van der Waals surface area contributed by atoms with Crippen LogP contribution >= 0.6 is 0 Å². The van der Waals surface area contributed by atoms with Crippen LogP contribution in [0.25, 0.3) is 5.52 Å². The third-order valence-electron chi connectivity index (χ3n) is 4.79. The third-order valence-corrected chi connectivity index (χ3v) is 4.79. The van der Waals surface area contributed by atoms with Crippen molar-refractivity contribution in [2.75, 3.05) is 23.3 Å². The SMILES string of the molecule is Cc1cc2c(NCc3ccc(N4CCC(O)CC4)c(F)c3)nccn2n1. The number of aryl methyl sites for hydroxylation is 1. The molecule has 0 aliphatic carbocycles. The maximum absolute atomic E-state index is 14.6. The lowest BCUT2D eigenvalue weighted by Crippen LogP contribution is -2.36. The Bertz CT molecular complexity index is 917. The molecule has 1 aliphatic heterocycles. The number of aliphatic hydroxyl groups is 1. The number of aliphatic hydroxyl groups excluding tert-OH is 1. The Hall–Kier alpha value is -2.67. The van der Waals surface area contributed by atoms with Crippen LogP contribution in [0.5, 0.6) is 0 Å². The largest absolute Gasteiger partial charge is 0.393 e. The predicted octanol–water partition coefficient (Wildman–Crippen LogP) is 2.75. The smallest absolute Gasteiger partial charge is 0.152 e. The van der Waals surface area contributed by atoms with Gasteiger partial charge >= 0.3 is 0 Å². The lowest BCUT2D eigenvalue weighted by atomic mass is 10.1. The van der Waals surface area contributed by atoms with Gasteiger partial charge in [0.1, 0.15) is 11.3 Å². The standard InChI is InChI=1S/C19H22FN5O/c1-13-10-18-19(21-6-9-25(18)23-13)22-12-14-2-3-17(16(20)11-14)24-7-4-15(26)5-8-24/h2-3,6,9-11,15,26H,4-5,7-8,12H2,1H3,(H,21,22). The second-order valence-corrected chi connectivity index (χ2v) is 6.75. The molecule has 2 aromatic heterocycles. The average Bonchev–Trinajstić information content (AvgIpc) is 3.02. The summed E-state index contributed by atoms with van der Waals surface area (Å²) in [5, 5.41) is 17.2. The number of benzene rings is 1. The second kappa shape index (κ2) is 6.92. The van der Waals surface area contributed by atoms with Crippen molar-refractivity contribution in [1.82, 2.24) is 14.6 Å². The van der Waals surface area contributed by atoms with E-state index in [1.54, 1.807) is 23.0 Å². The maximum Gasteiger partial charge on any atom is 0.152 e. The van der Waals surface area contributed by atoms with E-state index in [1.165, 1.54) is 0 Å². The van der Waals surface area contributed by atoms with E-state index in [1.807, 2.05) is 30.0 Å². The molecular formula is C19H22FN5O. The average molecular weight is 355 g/mol. The van der Waals surface area contributed by atoms with Crippen LogP contribution in [0.3, 0.4) is 0 Å². The summed E-state index contributed by atoms with van der Waals surface area (Å²) in [4.78, 5) is 6.35. The highest BCUT2D eigenvalue weighted by Gasteiger charge is 2.19. The van der Waals surface area contributed by atoms with Gasteiger partial charge in [0.2, 0.25) is 0 Å². The van der Waals surface area contributed by atoms with E-state index in [0.29, 0.717) is 38.2 Å². The van der Waals surface area contributed by atoms with Crippen LogP contribution in [0.1, 0.15) is 24.1 Å². The van der Waals surface area contributed by atoms with E-state index >= 15 is 0 Å². The normalized spacial score (nSPS) is 15.6. The highest BCUT2D eigenvalue weighted by molar-refractivity contribution is 5.67. The summed E-state index contributed by atoms with van der Waals surface area (Å²) in [5.41, 5.74) is 3.27. The summed E-state index contributed by atoms with van der Waals surface area (Å²) in [6.45, 7) is 3.78. The summed E-state index contributed by atoms with van der Waals surface area (Å²) in [7, 11) is 0. The maximum atomic E-state index is 14.6. The van der Waals surface area contributed by atoms with Crippen molar-refractivity contribution in [2.45, 2.75) is 32.4 Å². The first-order valence-electron chi connectivity index (χ1n) is 8.86. The number of nitrogens with one attached hydrogen (secondary N) is 1. The highest BCUT2D eigenvalue weighted by atomic mass is 19.1. The zero-order valence-electron chi connectivity index (χ0n) is 14.7. The molecule has 1 aromatic carbocycles. The van der Waals surface area contributed by atoms with Gasteiger partial charge in [-0.15, -0.1) is 0 Å². The Morgan fingerprint density at radius 3 is 2.85 bits per heavy atom. The number of nitrogens with zero attached hydrogens (tertiary/aromatic N) is 4. The van der Waals surface area contributed by atoms with E-state index in [9.17, 15) is 9.50 Å². The number of hydrogen-bond acceptors (Lipinski definition) is 5. The molecule has 136 valence electrons. The van der Waals surface area contributed by atoms with Gasteiger partial charge < -0.3 is 15.3 Å². The zero-order valence-corrected chi connectivity index (χ0v) is 14.7. The lowest BCUT2D eigenvalue weighted by molar-refractivity contribution is 0.145. The van der Waals surface area contributed by atoms with Gasteiger partial charge in [-0.1, -0.05) is 6.07 Å². The van der Waals surface area contributed by atoms with Crippen LogP contribution in [-0.2, 0) is 6.54 Å². The van der Waals surface area contributed by atoms with Crippen molar-refractivity contribution in [3.8, 4) is 0 Å². The topological polar surface area (TPSA) is 65.7 Å². The molecule has 0 amide bonds. The number of aromatic nitrogens is 3. The molecule has 6 nitrogen and oxygen atoms in total. The molecular weight excluding hydrogens is 333 g/mol. The Morgan fingerprint density at radius 1 is 1.27 bits per heavy atom. The van der Waals surface area contributed by atoms with Crippen molar-refractivity contribution in [3.63, 3.8) is 0 Å². The molecule has 0 unspecified atom stereocenters. The van der Waals surface area contributed by atoms with E-state index < -0.39 is 0 Å². The summed E-state index contributed by atoms with van der Waals surface area (Å²) in [6, 6.07) is 7.28. The lowest BCUT2D eigenvalue weighted by Gasteiger charge is -2.31. The predicted molar refractivity (Wildman–Crippen MR) is 98.9 cm³/mol. The van der Waals surface area contributed by atoms with Crippen LogP contribution in [0.2, 0.25) is 0 Å². The van der Waals surface area contributed by atoms with Gasteiger partial charge in [-0.05, 0) is 43.5 Å². The van der Waals surface area contributed by atoms with Crippen LogP contribution in [-0.4, -0.2) is 38.9 Å². The summed E-state index contributed by atoms with van der Waals surface area (Å²) in [5.74, 6) is 0.495. The second-order valence-electron chi connectivity index (χ2n) is 6.75. The van der Waals surface area contributed by atoms with E-state index in [2.05, 4.69) is 15.4 Å². The van der Waals surface area contributed by atoms with Gasteiger partial charge in [0.15, 0.2) is 5.82 Å². The van der Waals surface area contributed by atoms with Crippen molar-refractivity contribution >= 4 is 17.0 Å². The zero-order chi connectivity index (χ0) is 18.1. The van der Waals surface area contributed by atoms with Gasteiger partial charge in [0.05, 0.1) is 17.5 Å². The van der Waals surface area contributed by atoms with Crippen molar-refractivity contribution < 1.29 is 9.50 Å². The fourth-order valence-corrected chi connectivity index (χ4v) is 3.39. The number of piperidine rings is 1. The fourth-order valence-electron chi connectivity index (χ4n) is 3.39. The van der Waals surface area contributed by atoms with Crippen LogP contribution < -0.4 is 10.2 Å². The van der Waals surface area contributed by atoms with Crippen LogP contribution in [0.4, 0.5) is 15.9 Å². The number of anilines is 2. The molecule has 0 spiro atoms. The Kier molecular flexibility index (Phi) is 4.46. The first-order valence-corrected chi connectivity index (χ1v) is 8.86. The molecule has 0 radical (unpaired) electrons. The molecule has 0 bridgehead atoms. The molecule has 26 heavy (non-hydrogen) atoms. The number of halogens is 1. The van der Waals surface area contributed by atoms with Gasteiger partial charge in [0, 0.05) is 32.0 Å². The molecule has 3 aromatic rings. The molecule has 1 saturated heterocycles. The molecule has 0 saturated carbocycles. The molecule has 0 atom stereocenters. The summed E-state index contributed by atoms with van der Waals surface area (Å²) in [6.07, 6.45) is 4.60. The number of rotatable bonds is 4. The van der Waals surface area contributed by atoms with E-state index in [0.717, 1.165) is 22.6 Å². The molecule has 4 rings (SSSR count). The quantitative estimate of drug-likeness (QED) is 0.753. The Balaban J connectivity index is 1.47. The minimum atomic E-state index is -0.264. The van der Waals surface area contributed by atoms with Crippen molar-refractivity contribution in [3.05, 3.63) is 53.7 Å². The minimum absolute atomic E-state index is 0.230. The summed E-state index contributed by atoms with van der Waals surface area (Å²) < 4.78 is 16.3. The molecule has 7 heteroatoms. The Morgan fingerprint density at radius 2 is 2.08 bits per heavy atom. The van der Waals surface area contributed by atoms with Crippen LogP contribution in [0.15, 0.2) is 36.7 Å². The molecule has 3 heterocycles. The van der Waals surface area contributed by atoms with E-state index in [4.69, 9.17) is 0 Å². The molecule has 1 fully saturated rings. The van der Waals surface area contributed by atoms with Gasteiger partial charge in [-0.3, -0.25) is 0 Å².